The lowest BCUT2D eigenvalue weighted by molar-refractivity contribution is 1.12. The number of aromatic nitrogens is 2. The summed E-state index contributed by atoms with van der Waals surface area (Å²) in [5.74, 6) is 0.546. The molecule has 1 heterocycles. The third kappa shape index (κ3) is 2.46. The van der Waals surface area contributed by atoms with Crippen LogP contribution < -0.4 is 0 Å². The second-order valence-corrected chi connectivity index (χ2v) is 4.99. The number of nitrogens with zero attached hydrogens (tertiary/aromatic N) is 2. The number of halogens is 3. The molecule has 2 rings (SSSR count). The van der Waals surface area contributed by atoms with Crippen molar-refractivity contribution in [2.75, 3.05) is 0 Å². The minimum Gasteiger partial charge on any atom is -0.342 e. The molecule has 0 fully saturated rings. The van der Waals surface area contributed by atoms with Gasteiger partial charge in [-0.25, -0.2) is 4.98 Å². The highest BCUT2D eigenvalue weighted by Gasteiger charge is 2.15. The zero-order valence-corrected chi connectivity index (χ0v) is 11.7. The standard InChI is InChI=1S/C12H8Cl3N3/c1-6-10(2-3-16)18-12(17-6)11-8(14)4-7(13)5-9(11)15/h4-5H,2H2,1H3,(H,17,18). The van der Waals surface area contributed by atoms with Crippen LogP contribution in [0.3, 0.4) is 0 Å². The van der Waals surface area contributed by atoms with Gasteiger partial charge >= 0.3 is 0 Å². The number of benzene rings is 1. The van der Waals surface area contributed by atoms with Crippen molar-refractivity contribution in [3.8, 4) is 17.5 Å². The number of nitrogens with one attached hydrogen (secondary N) is 1. The Bertz CT molecular complexity index is 617. The molecular formula is C12H8Cl3N3. The monoisotopic (exact) mass is 299 g/mol. The van der Waals surface area contributed by atoms with E-state index >= 15 is 0 Å². The first-order valence-electron chi connectivity index (χ1n) is 5.10. The largest absolute Gasteiger partial charge is 0.342 e. The van der Waals surface area contributed by atoms with Crippen molar-refractivity contribution in [3.05, 3.63) is 38.6 Å². The number of H-pyrrole nitrogens is 1. The molecule has 92 valence electrons. The molecule has 0 spiro atoms. The van der Waals surface area contributed by atoms with Gasteiger partial charge in [-0.05, 0) is 19.1 Å². The van der Waals surface area contributed by atoms with Gasteiger partial charge in [-0.2, -0.15) is 5.26 Å². The average Bonchev–Trinajstić information content (AvgIpc) is 2.59. The van der Waals surface area contributed by atoms with E-state index in [-0.39, 0.29) is 6.42 Å². The minimum atomic E-state index is 0.241. The Morgan fingerprint density at radius 1 is 1.28 bits per heavy atom. The maximum absolute atomic E-state index is 8.70. The topological polar surface area (TPSA) is 52.5 Å². The molecule has 0 bridgehead atoms. The van der Waals surface area contributed by atoms with E-state index in [1.807, 2.05) is 6.92 Å². The van der Waals surface area contributed by atoms with Gasteiger partial charge in [0.15, 0.2) is 0 Å². The summed E-state index contributed by atoms with van der Waals surface area (Å²) >= 11 is 18.1. The van der Waals surface area contributed by atoms with Crippen LogP contribution in [0.2, 0.25) is 15.1 Å². The average molecular weight is 301 g/mol. The molecule has 1 aromatic carbocycles. The molecule has 6 heteroatoms. The van der Waals surface area contributed by atoms with Gasteiger partial charge in [0.05, 0.1) is 33.8 Å². The second kappa shape index (κ2) is 5.19. The number of aromatic amines is 1. The molecule has 1 aromatic heterocycles. The maximum atomic E-state index is 8.70. The summed E-state index contributed by atoms with van der Waals surface area (Å²) in [5.41, 5.74) is 2.11. The van der Waals surface area contributed by atoms with Gasteiger partial charge in [-0.3, -0.25) is 0 Å². The van der Waals surface area contributed by atoms with E-state index in [2.05, 4.69) is 16.0 Å². The molecule has 3 nitrogen and oxygen atoms in total. The van der Waals surface area contributed by atoms with Crippen molar-refractivity contribution >= 4 is 34.8 Å². The first-order chi connectivity index (χ1) is 8.52. The quantitative estimate of drug-likeness (QED) is 0.893. The van der Waals surface area contributed by atoms with E-state index in [9.17, 15) is 0 Å². The highest BCUT2D eigenvalue weighted by atomic mass is 35.5. The van der Waals surface area contributed by atoms with Crippen molar-refractivity contribution in [2.24, 2.45) is 0 Å². The van der Waals surface area contributed by atoms with Crippen LogP contribution in [0.1, 0.15) is 11.4 Å². The van der Waals surface area contributed by atoms with E-state index in [1.54, 1.807) is 12.1 Å². The number of imidazole rings is 1. The molecule has 2 aromatic rings. The van der Waals surface area contributed by atoms with Crippen LogP contribution in [-0.4, -0.2) is 9.97 Å². The molecule has 0 aliphatic rings. The fourth-order valence-corrected chi connectivity index (χ4v) is 2.63. The maximum Gasteiger partial charge on any atom is 0.140 e. The Hall–Kier alpha value is -1.21. The molecule has 0 aliphatic heterocycles. The number of hydrogen-bond acceptors (Lipinski definition) is 2. The van der Waals surface area contributed by atoms with E-state index in [4.69, 9.17) is 40.1 Å². The van der Waals surface area contributed by atoms with Gasteiger partial charge in [0.1, 0.15) is 5.82 Å². The van der Waals surface area contributed by atoms with Crippen LogP contribution in [0.15, 0.2) is 12.1 Å². The van der Waals surface area contributed by atoms with Crippen molar-refractivity contribution in [2.45, 2.75) is 13.3 Å². The lowest BCUT2D eigenvalue weighted by atomic mass is 10.2. The molecule has 0 amide bonds. The second-order valence-electron chi connectivity index (χ2n) is 3.74. The van der Waals surface area contributed by atoms with Crippen LogP contribution in [-0.2, 0) is 6.42 Å². The van der Waals surface area contributed by atoms with Gasteiger partial charge in [0.2, 0.25) is 0 Å². The Morgan fingerprint density at radius 2 is 1.89 bits per heavy atom. The fourth-order valence-electron chi connectivity index (χ4n) is 1.63. The van der Waals surface area contributed by atoms with Gasteiger partial charge in [0, 0.05) is 10.7 Å². The summed E-state index contributed by atoms with van der Waals surface area (Å²) in [6.45, 7) is 1.85. The summed E-state index contributed by atoms with van der Waals surface area (Å²) < 4.78 is 0. The predicted octanol–water partition coefficient (Wildman–Crippen LogP) is 4.41. The molecular weight excluding hydrogens is 293 g/mol. The summed E-state index contributed by atoms with van der Waals surface area (Å²) in [6, 6.07) is 5.27. The number of nitriles is 1. The van der Waals surface area contributed by atoms with Crippen molar-refractivity contribution in [1.29, 1.82) is 5.26 Å². The molecule has 0 radical (unpaired) electrons. The molecule has 0 saturated heterocycles. The van der Waals surface area contributed by atoms with Crippen LogP contribution in [0.4, 0.5) is 0 Å². The van der Waals surface area contributed by atoms with Crippen LogP contribution >= 0.6 is 34.8 Å². The zero-order chi connectivity index (χ0) is 13.3. The Labute approximate surface area is 119 Å². The van der Waals surface area contributed by atoms with E-state index < -0.39 is 0 Å². The highest BCUT2D eigenvalue weighted by Crippen LogP contribution is 2.36. The molecule has 1 N–H and O–H groups in total. The first kappa shape index (κ1) is 13.2. The van der Waals surface area contributed by atoms with Gasteiger partial charge in [-0.1, -0.05) is 34.8 Å². The van der Waals surface area contributed by atoms with E-state index in [1.165, 1.54) is 0 Å². The van der Waals surface area contributed by atoms with E-state index in [0.29, 0.717) is 32.1 Å². The van der Waals surface area contributed by atoms with Crippen LogP contribution in [0.5, 0.6) is 0 Å². The van der Waals surface area contributed by atoms with Crippen LogP contribution in [0, 0.1) is 18.3 Å². The number of rotatable bonds is 2. The Morgan fingerprint density at radius 3 is 2.44 bits per heavy atom. The molecule has 0 saturated carbocycles. The molecule has 0 unspecified atom stereocenters. The van der Waals surface area contributed by atoms with Crippen LogP contribution in [0.25, 0.3) is 11.4 Å². The third-order valence-electron chi connectivity index (χ3n) is 2.48. The lowest BCUT2D eigenvalue weighted by Crippen LogP contribution is -1.86. The lowest BCUT2D eigenvalue weighted by Gasteiger charge is -2.04. The smallest absolute Gasteiger partial charge is 0.140 e. The van der Waals surface area contributed by atoms with Crippen molar-refractivity contribution in [1.82, 2.24) is 9.97 Å². The predicted molar refractivity (Wildman–Crippen MR) is 73.1 cm³/mol. The normalized spacial score (nSPS) is 10.4. The van der Waals surface area contributed by atoms with Gasteiger partial charge in [0.25, 0.3) is 0 Å². The molecule has 18 heavy (non-hydrogen) atoms. The number of aryl methyl sites for hydroxylation is 1. The van der Waals surface area contributed by atoms with Gasteiger partial charge in [-0.15, -0.1) is 0 Å². The van der Waals surface area contributed by atoms with Gasteiger partial charge < -0.3 is 4.98 Å². The van der Waals surface area contributed by atoms with Crippen molar-refractivity contribution in [3.63, 3.8) is 0 Å². The fraction of sp³-hybridized carbons (Fsp3) is 0.167. The summed E-state index contributed by atoms with van der Waals surface area (Å²) in [7, 11) is 0. The Kier molecular flexibility index (Phi) is 3.82. The summed E-state index contributed by atoms with van der Waals surface area (Å²) in [6.07, 6.45) is 0.241. The third-order valence-corrected chi connectivity index (χ3v) is 3.29. The zero-order valence-electron chi connectivity index (χ0n) is 9.39. The highest BCUT2D eigenvalue weighted by molar-refractivity contribution is 6.41. The molecule has 0 atom stereocenters. The Balaban J connectivity index is 2.56. The minimum absolute atomic E-state index is 0.241. The summed E-state index contributed by atoms with van der Waals surface area (Å²) in [4.78, 5) is 7.40. The first-order valence-corrected chi connectivity index (χ1v) is 6.23. The molecule has 0 aliphatic carbocycles. The number of hydrogen-bond donors (Lipinski definition) is 1. The van der Waals surface area contributed by atoms with Crippen molar-refractivity contribution < 1.29 is 0 Å². The van der Waals surface area contributed by atoms with E-state index in [0.717, 1.165) is 5.69 Å². The summed E-state index contributed by atoms with van der Waals surface area (Å²) in [5, 5.41) is 10.0. The SMILES string of the molecule is Cc1[nH]c(-c2c(Cl)cc(Cl)cc2Cl)nc1CC#N.